The highest BCUT2D eigenvalue weighted by atomic mass is 79.9. The van der Waals surface area contributed by atoms with Gasteiger partial charge in [0.25, 0.3) is 5.91 Å². The van der Waals surface area contributed by atoms with Crippen LogP contribution in [0.4, 0.5) is 0 Å². The van der Waals surface area contributed by atoms with Gasteiger partial charge >= 0.3 is 0 Å². The van der Waals surface area contributed by atoms with Gasteiger partial charge in [-0.25, -0.2) is 8.42 Å². The summed E-state index contributed by atoms with van der Waals surface area (Å²) in [4.78, 5) is 13.6. The molecule has 1 aliphatic rings. The molecule has 0 bridgehead atoms. The van der Waals surface area contributed by atoms with Crippen molar-refractivity contribution < 1.29 is 13.2 Å². The quantitative estimate of drug-likeness (QED) is 0.785. The first kappa shape index (κ1) is 12.6. The zero-order valence-corrected chi connectivity index (χ0v) is 11.5. The predicted octanol–water partition coefficient (Wildman–Crippen LogP) is 1.32. The lowest BCUT2D eigenvalue weighted by Gasteiger charge is -2.26. The Labute approximate surface area is 109 Å². The predicted molar refractivity (Wildman–Crippen MR) is 68.7 cm³/mol. The van der Waals surface area contributed by atoms with Crippen molar-refractivity contribution in [1.29, 1.82) is 0 Å². The van der Waals surface area contributed by atoms with E-state index in [-0.39, 0.29) is 30.5 Å². The molecule has 6 heteroatoms. The van der Waals surface area contributed by atoms with E-state index < -0.39 is 9.84 Å². The van der Waals surface area contributed by atoms with Gasteiger partial charge in [-0.2, -0.15) is 0 Å². The Bertz CT molecular complexity index is 510. The molecule has 1 aromatic carbocycles. The Kier molecular flexibility index (Phi) is 3.53. The summed E-state index contributed by atoms with van der Waals surface area (Å²) in [5, 5.41) is 0. The summed E-state index contributed by atoms with van der Waals surface area (Å²) in [5.74, 6) is 0.0252. The third-order valence-electron chi connectivity index (χ3n) is 2.72. The molecule has 0 radical (unpaired) electrons. The molecule has 1 heterocycles. The van der Waals surface area contributed by atoms with E-state index in [1.54, 1.807) is 29.2 Å². The van der Waals surface area contributed by atoms with Crippen LogP contribution in [-0.2, 0) is 9.84 Å². The Morgan fingerprint density at radius 1 is 1.12 bits per heavy atom. The lowest BCUT2D eigenvalue weighted by Crippen LogP contribution is -2.43. The van der Waals surface area contributed by atoms with E-state index in [1.807, 2.05) is 0 Å². The van der Waals surface area contributed by atoms with Crippen LogP contribution in [0.3, 0.4) is 0 Å². The van der Waals surface area contributed by atoms with E-state index in [1.165, 1.54) is 0 Å². The summed E-state index contributed by atoms with van der Waals surface area (Å²) < 4.78 is 23.4. The van der Waals surface area contributed by atoms with Crippen LogP contribution in [0.25, 0.3) is 0 Å². The van der Waals surface area contributed by atoms with E-state index in [4.69, 9.17) is 0 Å². The maximum atomic E-state index is 12.0. The third-order valence-corrected chi connectivity index (χ3v) is 4.86. The normalized spacial score (nSPS) is 19.0. The molecule has 1 saturated heterocycles. The van der Waals surface area contributed by atoms with Crippen LogP contribution in [-0.4, -0.2) is 43.8 Å². The largest absolute Gasteiger partial charge is 0.337 e. The van der Waals surface area contributed by atoms with Gasteiger partial charge in [0.15, 0.2) is 9.84 Å². The molecular weight excluding hydrogens is 306 g/mol. The first-order valence-corrected chi connectivity index (χ1v) is 7.85. The highest BCUT2D eigenvalue weighted by Gasteiger charge is 2.25. The molecule has 1 amide bonds. The van der Waals surface area contributed by atoms with Crippen molar-refractivity contribution in [2.24, 2.45) is 0 Å². The van der Waals surface area contributed by atoms with Crippen LogP contribution in [0.1, 0.15) is 10.4 Å². The summed E-state index contributed by atoms with van der Waals surface area (Å²) in [5.41, 5.74) is 0.590. The number of hydrogen-bond acceptors (Lipinski definition) is 3. The Morgan fingerprint density at radius 2 is 1.65 bits per heavy atom. The molecule has 0 N–H and O–H groups in total. The standard InChI is InChI=1S/C11H12BrNO3S/c12-10-3-1-9(2-4-10)11(14)13-5-7-17(15,16)8-6-13/h1-4H,5-8H2. The average molecular weight is 318 g/mol. The fourth-order valence-electron chi connectivity index (χ4n) is 1.69. The number of halogens is 1. The minimum atomic E-state index is -2.94. The lowest BCUT2D eigenvalue weighted by atomic mass is 10.2. The molecule has 2 rings (SSSR count). The zero-order valence-electron chi connectivity index (χ0n) is 9.10. The Balaban J connectivity index is 2.09. The van der Waals surface area contributed by atoms with Gasteiger partial charge in [-0.05, 0) is 24.3 Å². The van der Waals surface area contributed by atoms with Crippen molar-refractivity contribution in [2.75, 3.05) is 24.6 Å². The summed E-state index contributed by atoms with van der Waals surface area (Å²) in [7, 11) is -2.94. The van der Waals surface area contributed by atoms with Gasteiger partial charge in [0, 0.05) is 23.1 Å². The van der Waals surface area contributed by atoms with Gasteiger partial charge in [0.2, 0.25) is 0 Å². The molecule has 0 atom stereocenters. The van der Waals surface area contributed by atoms with E-state index in [2.05, 4.69) is 15.9 Å². The maximum Gasteiger partial charge on any atom is 0.253 e. The molecule has 0 saturated carbocycles. The topological polar surface area (TPSA) is 54.5 Å². The molecule has 0 unspecified atom stereocenters. The molecule has 1 aromatic rings. The van der Waals surface area contributed by atoms with Gasteiger partial charge in [0.05, 0.1) is 11.5 Å². The van der Waals surface area contributed by atoms with Crippen molar-refractivity contribution in [3.63, 3.8) is 0 Å². The molecule has 1 fully saturated rings. The number of nitrogens with zero attached hydrogens (tertiary/aromatic N) is 1. The van der Waals surface area contributed by atoms with Crippen LogP contribution in [0.5, 0.6) is 0 Å². The molecule has 0 aliphatic carbocycles. The summed E-state index contributed by atoms with van der Waals surface area (Å²) >= 11 is 3.30. The Hall–Kier alpha value is -0.880. The van der Waals surface area contributed by atoms with Crippen LogP contribution < -0.4 is 0 Å². The minimum absolute atomic E-state index is 0.0648. The Morgan fingerprint density at radius 3 is 2.18 bits per heavy atom. The molecule has 92 valence electrons. The van der Waals surface area contributed by atoms with Gasteiger partial charge in [0.1, 0.15) is 0 Å². The minimum Gasteiger partial charge on any atom is -0.337 e. The second-order valence-corrected chi connectivity index (χ2v) is 7.17. The van der Waals surface area contributed by atoms with E-state index in [0.717, 1.165) is 4.47 Å². The molecule has 0 aromatic heterocycles. The number of rotatable bonds is 1. The molecule has 0 spiro atoms. The van der Waals surface area contributed by atoms with Crippen LogP contribution in [0.2, 0.25) is 0 Å². The van der Waals surface area contributed by atoms with Gasteiger partial charge < -0.3 is 4.90 Å². The fourth-order valence-corrected chi connectivity index (χ4v) is 3.16. The number of hydrogen-bond donors (Lipinski definition) is 0. The second-order valence-electron chi connectivity index (χ2n) is 3.95. The molecule has 4 nitrogen and oxygen atoms in total. The fraction of sp³-hybridized carbons (Fsp3) is 0.364. The summed E-state index contributed by atoms with van der Waals surface area (Å²) in [6.45, 7) is 0.578. The first-order valence-electron chi connectivity index (χ1n) is 5.23. The van der Waals surface area contributed by atoms with Gasteiger partial charge in [-0.15, -0.1) is 0 Å². The van der Waals surface area contributed by atoms with E-state index >= 15 is 0 Å². The van der Waals surface area contributed by atoms with Crippen molar-refractivity contribution >= 4 is 31.7 Å². The average Bonchev–Trinajstić information content (AvgIpc) is 2.29. The number of benzene rings is 1. The van der Waals surface area contributed by atoms with Crippen molar-refractivity contribution in [3.05, 3.63) is 34.3 Å². The maximum absolute atomic E-state index is 12.0. The highest BCUT2D eigenvalue weighted by Crippen LogP contribution is 2.14. The van der Waals surface area contributed by atoms with Gasteiger partial charge in [-0.1, -0.05) is 15.9 Å². The van der Waals surface area contributed by atoms with Crippen LogP contribution in [0, 0.1) is 0 Å². The third kappa shape index (κ3) is 3.07. The molecule has 17 heavy (non-hydrogen) atoms. The van der Waals surface area contributed by atoms with Gasteiger partial charge in [-0.3, -0.25) is 4.79 Å². The number of carbonyl (C=O) groups is 1. The van der Waals surface area contributed by atoms with E-state index in [0.29, 0.717) is 5.56 Å². The van der Waals surface area contributed by atoms with E-state index in [9.17, 15) is 13.2 Å². The van der Waals surface area contributed by atoms with Crippen LogP contribution >= 0.6 is 15.9 Å². The number of amides is 1. The van der Waals surface area contributed by atoms with Crippen LogP contribution in [0.15, 0.2) is 28.7 Å². The van der Waals surface area contributed by atoms with Crippen molar-refractivity contribution in [1.82, 2.24) is 4.90 Å². The highest BCUT2D eigenvalue weighted by molar-refractivity contribution is 9.10. The number of carbonyl (C=O) groups excluding carboxylic acids is 1. The second kappa shape index (κ2) is 4.78. The lowest BCUT2D eigenvalue weighted by molar-refractivity contribution is 0.0770. The summed E-state index contributed by atoms with van der Waals surface area (Å²) in [6, 6.07) is 7.06. The molecule has 1 aliphatic heterocycles. The van der Waals surface area contributed by atoms with Crippen molar-refractivity contribution in [2.45, 2.75) is 0 Å². The smallest absolute Gasteiger partial charge is 0.253 e. The first-order chi connectivity index (χ1) is 7.98. The zero-order chi connectivity index (χ0) is 12.5. The SMILES string of the molecule is O=C(c1ccc(Br)cc1)N1CCS(=O)(=O)CC1. The molecular formula is C11H12BrNO3S. The summed E-state index contributed by atoms with van der Waals surface area (Å²) in [6.07, 6.45) is 0. The monoisotopic (exact) mass is 317 g/mol. The van der Waals surface area contributed by atoms with Crippen molar-refractivity contribution in [3.8, 4) is 0 Å². The number of sulfone groups is 1.